The molecule has 0 radical (unpaired) electrons. The van der Waals surface area contributed by atoms with Gasteiger partial charge in [-0.15, -0.1) is 0 Å². The maximum Gasteiger partial charge on any atom is 0.432 e. The van der Waals surface area contributed by atoms with Crippen molar-refractivity contribution < 1.29 is 35.8 Å². The number of ether oxygens (including phenoxy) is 2. The minimum absolute atomic E-state index is 0.0397. The van der Waals surface area contributed by atoms with Gasteiger partial charge < -0.3 is 15.2 Å². The molecule has 0 aliphatic carbocycles. The Hall–Kier alpha value is -3.17. The van der Waals surface area contributed by atoms with Gasteiger partial charge in [0.2, 0.25) is 0 Å². The van der Waals surface area contributed by atoms with E-state index in [-0.39, 0.29) is 12.5 Å². The molecule has 0 aromatic heterocycles. The molecule has 0 unspecified atom stereocenters. The maximum absolute atomic E-state index is 13.0. The summed E-state index contributed by atoms with van der Waals surface area (Å²) >= 11 is 0. The Morgan fingerprint density at radius 2 is 1.59 bits per heavy atom. The van der Waals surface area contributed by atoms with E-state index >= 15 is 0 Å². The molecular weight excluding hydrogens is 438 g/mol. The maximum atomic E-state index is 13.0. The first-order valence-electron chi connectivity index (χ1n) is 9.50. The lowest BCUT2D eigenvalue weighted by atomic mass is 10.1. The topological polar surface area (TPSA) is 56.8 Å². The molecule has 0 spiro atoms. The Balaban J connectivity index is 2.03. The number of nitrogens with two attached hydrogens (primary N) is 1. The third-order valence-corrected chi connectivity index (χ3v) is 4.35. The first-order chi connectivity index (χ1) is 15.0. The van der Waals surface area contributed by atoms with Crippen LogP contribution in [0.25, 0.3) is 0 Å². The largest absolute Gasteiger partial charge is 0.497 e. The molecule has 2 aromatic carbocycles. The lowest BCUT2D eigenvalue weighted by molar-refractivity contribution is -0.0928. The highest BCUT2D eigenvalue weighted by Crippen LogP contribution is 2.25. The molecule has 174 valence electrons. The molecule has 0 saturated heterocycles. The molecular formula is C22H22F6N2O2. The van der Waals surface area contributed by atoms with Crippen LogP contribution in [0.1, 0.15) is 11.1 Å². The van der Waals surface area contributed by atoms with Crippen LogP contribution in [0.4, 0.5) is 26.3 Å². The number of methoxy groups -OCH3 is 1. The first kappa shape index (κ1) is 25.1. The average molecular weight is 460 g/mol. The van der Waals surface area contributed by atoms with Crippen molar-refractivity contribution in [1.29, 1.82) is 0 Å². The lowest BCUT2D eigenvalue weighted by Gasteiger charge is -2.12. The fraction of sp³-hybridized carbons (Fsp3) is 0.318. The van der Waals surface area contributed by atoms with Crippen LogP contribution in [-0.2, 0) is 12.8 Å². The van der Waals surface area contributed by atoms with Gasteiger partial charge in [-0.3, -0.25) is 4.99 Å². The van der Waals surface area contributed by atoms with Gasteiger partial charge in [0.25, 0.3) is 0 Å². The summed E-state index contributed by atoms with van der Waals surface area (Å²) in [5.74, 6) is 1.20. The molecule has 4 nitrogen and oxygen atoms in total. The highest BCUT2D eigenvalue weighted by molar-refractivity contribution is 6.00. The summed E-state index contributed by atoms with van der Waals surface area (Å²) in [5.41, 5.74) is 2.74. The second-order valence-corrected chi connectivity index (χ2v) is 6.67. The summed E-state index contributed by atoms with van der Waals surface area (Å²) in [7, 11) is 1.57. The normalized spacial score (nSPS) is 13.2. The van der Waals surface area contributed by atoms with Crippen molar-refractivity contribution in [2.24, 2.45) is 10.7 Å². The number of allylic oxidation sites excluding steroid dienone is 2. The number of halogens is 6. The smallest absolute Gasteiger partial charge is 0.432 e. The van der Waals surface area contributed by atoms with Gasteiger partial charge in [-0.25, -0.2) is 0 Å². The van der Waals surface area contributed by atoms with Crippen LogP contribution >= 0.6 is 0 Å². The highest BCUT2D eigenvalue weighted by Gasteiger charge is 2.38. The van der Waals surface area contributed by atoms with Crippen LogP contribution in [0, 0.1) is 0 Å². The lowest BCUT2D eigenvalue weighted by Crippen LogP contribution is -2.27. The van der Waals surface area contributed by atoms with E-state index in [9.17, 15) is 26.3 Å². The van der Waals surface area contributed by atoms with Gasteiger partial charge in [0.1, 0.15) is 22.9 Å². The SMILES string of the molecule is COc1ccc(CCOc2ccccc2CCN=C(/C=C(\N)C(F)(F)F)C(F)(F)F)cc1. The fourth-order valence-electron chi connectivity index (χ4n) is 2.67. The number of hydrogen-bond acceptors (Lipinski definition) is 4. The molecule has 2 rings (SSSR count). The number of hydrogen-bond donors (Lipinski definition) is 1. The van der Waals surface area contributed by atoms with Gasteiger partial charge in [-0.2, -0.15) is 26.3 Å². The van der Waals surface area contributed by atoms with Crippen molar-refractivity contribution in [2.45, 2.75) is 25.2 Å². The number of para-hydroxylation sites is 1. The Labute approximate surface area is 181 Å². The molecule has 0 heterocycles. The summed E-state index contributed by atoms with van der Waals surface area (Å²) in [6.45, 7) is -0.0689. The minimum atomic E-state index is -5.07. The summed E-state index contributed by atoms with van der Waals surface area (Å²) in [6, 6.07) is 14.1. The second kappa shape index (κ2) is 10.9. The van der Waals surface area contributed by atoms with Gasteiger partial charge in [0, 0.05) is 13.0 Å². The van der Waals surface area contributed by atoms with E-state index < -0.39 is 30.3 Å². The summed E-state index contributed by atoms with van der Waals surface area (Å²) in [4.78, 5) is 3.30. The summed E-state index contributed by atoms with van der Waals surface area (Å²) < 4.78 is 87.3. The van der Waals surface area contributed by atoms with Gasteiger partial charge in [-0.05, 0) is 41.8 Å². The van der Waals surface area contributed by atoms with Crippen molar-refractivity contribution in [1.82, 2.24) is 0 Å². The molecule has 0 atom stereocenters. The Kier molecular flexibility index (Phi) is 8.56. The molecule has 0 saturated carbocycles. The summed E-state index contributed by atoms with van der Waals surface area (Å²) in [6.07, 6.45) is -9.70. The number of benzene rings is 2. The number of nitrogens with zero attached hydrogens (tertiary/aromatic N) is 1. The highest BCUT2D eigenvalue weighted by atomic mass is 19.4. The predicted molar refractivity (Wildman–Crippen MR) is 109 cm³/mol. The third kappa shape index (κ3) is 7.82. The van der Waals surface area contributed by atoms with Crippen LogP contribution in [0.5, 0.6) is 11.5 Å². The van der Waals surface area contributed by atoms with Crippen LogP contribution < -0.4 is 15.2 Å². The average Bonchev–Trinajstić information content (AvgIpc) is 2.73. The van der Waals surface area contributed by atoms with Crippen LogP contribution in [0.2, 0.25) is 0 Å². The second-order valence-electron chi connectivity index (χ2n) is 6.67. The van der Waals surface area contributed by atoms with E-state index in [1.807, 2.05) is 24.3 Å². The molecule has 10 heteroatoms. The molecule has 0 aliphatic heterocycles. The van der Waals surface area contributed by atoms with E-state index in [0.717, 1.165) is 11.3 Å². The molecule has 32 heavy (non-hydrogen) atoms. The molecule has 2 N–H and O–H groups in total. The number of rotatable bonds is 9. The van der Waals surface area contributed by atoms with Crippen LogP contribution in [0.3, 0.4) is 0 Å². The molecule has 0 aliphatic rings. The van der Waals surface area contributed by atoms with Gasteiger partial charge in [-0.1, -0.05) is 30.3 Å². The predicted octanol–water partition coefficient (Wildman–Crippen LogP) is 5.27. The standard InChI is InChI=1S/C22H22F6N2O2/c1-31-17-8-6-15(7-9-17)11-13-32-18-5-3-2-4-16(18)10-12-30-20(22(26,27)28)14-19(29)21(23,24)25/h2-9,14H,10-13,29H2,1H3/b19-14-,30-20?. The first-order valence-corrected chi connectivity index (χ1v) is 9.50. The van der Waals surface area contributed by atoms with Crippen molar-refractivity contribution in [3.05, 3.63) is 71.4 Å². The summed E-state index contributed by atoms with van der Waals surface area (Å²) in [5, 5.41) is 0. The number of aliphatic imine (C=N–C) groups is 1. The minimum Gasteiger partial charge on any atom is -0.497 e. The number of alkyl halides is 6. The van der Waals surface area contributed by atoms with E-state index in [1.165, 1.54) is 0 Å². The zero-order valence-electron chi connectivity index (χ0n) is 17.1. The van der Waals surface area contributed by atoms with E-state index in [1.54, 1.807) is 31.4 Å². The van der Waals surface area contributed by atoms with Crippen molar-refractivity contribution in [3.8, 4) is 11.5 Å². The van der Waals surface area contributed by atoms with Gasteiger partial charge in [0.15, 0.2) is 0 Å². The fourth-order valence-corrected chi connectivity index (χ4v) is 2.67. The van der Waals surface area contributed by atoms with Gasteiger partial charge >= 0.3 is 12.4 Å². The van der Waals surface area contributed by atoms with Crippen LogP contribution in [0.15, 0.2) is 65.3 Å². The van der Waals surface area contributed by atoms with Crippen molar-refractivity contribution in [3.63, 3.8) is 0 Å². The monoisotopic (exact) mass is 460 g/mol. The Morgan fingerprint density at radius 1 is 0.938 bits per heavy atom. The molecule has 0 bridgehead atoms. The van der Waals surface area contributed by atoms with Crippen molar-refractivity contribution >= 4 is 5.71 Å². The van der Waals surface area contributed by atoms with E-state index in [2.05, 4.69) is 4.99 Å². The molecule has 2 aromatic rings. The quantitative estimate of drug-likeness (QED) is 0.410. The third-order valence-electron chi connectivity index (χ3n) is 4.35. The Bertz CT molecular complexity index is 935. The van der Waals surface area contributed by atoms with Gasteiger partial charge in [0.05, 0.1) is 13.7 Å². The van der Waals surface area contributed by atoms with Crippen LogP contribution in [-0.4, -0.2) is 38.3 Å². The molecule has 0 fully saturated rings. The Morgan fingerprint density at radius 3 is 2.19 bits per heavy atom. The van der Waals surface area contributed by atoms with Crippen molar-refractivity contribution in [2.75, 3.05) is 20.3 Å². The molecule has 0 amide bonds. The zero-order chi connectivity index (χ0) is 23.8. The van der Waals surface area contributed by atoms with E-state index in [0.29, 0.717) is 24.3 Å². The zero-order valence-corrected chi connectivity index (χ0v) is 17.1. The van der Waals surface area contributed by atoms with E-state index in [4.69, 9.17) is 15.2 Å².